The second-order valence-corrected chi connectivity index (χ2v) is 5.66. The normalized spacial score (nSPS) is 10.7. The van der Waals surface area contributed by atoms with Gasteiger partial charge < -0.3 is 5.32 Å². The van der Waals surface area contributed by atoms with Crippen LogP contribution < -0.4 is 5.32 Å². The molecule has 7 heteroatoms. The highest BCUT2D eigenvalue weighted by Gasteiger charge is 2.10. The van der Waals surface area contributed by atoms with Crippen LogP contribution in [-0.2, 0) is 6.54 Å². The van der Waals surface area contributed by atoms with Gasteiger partial charge in [0.1, 0.15) is 18.3 Å². The van der Waals surface area contributed by atoms with Crippen LogP contribution in [-0.4, -0.2) is 19.7 Å². The summed E-state index contributed by atoms with van der Waals surface area (Å²) < 4.78 is 1.65. The molecule has 0 aliphatic carbocycles. The number of anilines is 1. The van der Waals surface area contributed by atoms with E-state index in [0.717, 1.165) is 22.1 Å². The van der Waals surface area contributed by atoms with Gasteiger partial charge in [0.15, 0.2) is 0 Å². The van der Waals surface area contributed by atoms with Crippen molar-refractivity contribution in [1.29, 1.82) is 0 Å². The molecule has 1 N–H and O–H groups in total. The Morgan fingerprint density at radius 1 is 1.40 bits per heavy atom. The Kier molecular flexibility index (Phi) is 3.66. The molecule has 0 radical (unpaired) electrons. The highest BCUT2D eigenvalue weighted by Crippen LogP contribution is 2.28. The molecular weight excluding hydrogens is 294 g/mol. The maximum atomic E-state index is 6.26. The lowest BCUT2D eigenvalue weighted by Gasteiger charge is -2.12. The molecule has 3 rings (SSSR count). The Hall–Kier alpha value is -1.92. The van der Waals surface area contributed by atoms with Crippen molar-refractivity contribution in [2.75, 3.05) is 5.32 Å². The zero-order valence-electron chi connectivity index (χ0n) is 10.7. The number of rotatable bonds is 4. The summed E-state index contributed by atoms with van der Waals surface area (Å²) in [5, 5.41) is 11.2. The first-order valence-corrected chi connectivity index (χ1v) is 7.28. The molecule has 0 saturated carbocycles. The Morgan fingerprint density at radius 2 is 2.30 bits per heavy atom. The number of nitrogens with one attached hydrogen (secondary N) is 1. The van der Waals surface area contributed by atoms with Crippen molar-refractivity contribution in [3.05, 3.63) is 52.0 Å². The molecule has 0 unspecified atom stereocenters. The Balaban J connectivity index is 1.88. The van der Waals surface area contributed by atoms with Crippen LogP contribution in [0.5, 0.6) is 0 Å². The van der Waals surface area contributed by atoms with Gasteiger partial charge in [0.2, 0.25) is 0 Å². The number of para-hydroxylation sites is 1. The lowest BCUT2D eigenvalue weighted by atomic mass is 10.2. The molecule has 0 bridgehead atoms. The zero-order chi connectivity index (χ0) is 13.9. The fourth-order valence-corrected chi connectivity index (χ4v) is 2.76. The monoisotopic (exact) mass is 305 g/mol. The third kappa shape index (κ3) is 2.66. The smallest absolute Gasteiger partial charge is 0.138 e. The van der Waals surface area contributed by atoms with Gasteiger partial charge in [0, 0.05) is 5.38 Å². The third-order valence-electron chi connectivity index (χ3n) is 2.76. The van der Waals surface area contributed by atoms with Gasteiger partial charge in [0.25, 0.3) is 0 Å². The van der Waals surface area contributed by atoms with Gasteiger partial charge in [-0.15, -0.1) is 11.3 Å². The van der Waals surface area contributed by atoms with E-state index in [2.05, 4.69) is 20.4 Å². The van der Waals surface area contributed by atoms with Gasteiger partial charge in [-0.1, -0.05) is 17.7 Å². The second kappa shape index (κ2) is 5.60. The van der Waals surface area contributed by atoms with Crippen molar-refractivity contribution < 1.29 is 0 Å². The Morgan fingerprint density at radius 3 is 3.00 bits per heavy atom. The molecule has 0 aliphatic heterocycles. The molecular formula is C13H12ClN5S. The van der Waals surface area contributed by atoms with Crippen LogP contribution in [0.3, 0.4) is 0 Å². The summed E-state index contributed by atoms with van der Waals surface area (Å²) in [4.78, 5) is 8.39. The van der Waals surface area contributed by atoms with Gasteiger partial charge in [0.05, 0.1) is 28.0 Å². The molecule has 0 aliphatic rings. The van der Waals surface area contributed by atoms with Gasteiger partial charge in [-0.05, 0) is 19.1 Å². The quantitative estimate of drug-likeness (QED) is 0.803. The predicted octanol–water partition coefficient (Wildman–Crippen LogP) is 3.30. The topological polar surface area (TPSA) is 55.6 Å². The van der Waals surface area contributed by atoms with E-state index in [-0.39, 0.29) is 0 Å². The average molecular weight is 306 g/mol. The first-order chi connectivity index (χ1) is 9.74. The molecule has 2 heterocycles. The van der Waals surface area contributed by atoms with Crippen LogP contribution in [0.1, 0.15) is 10.7 Å². The van der Waals surface area contributed by atoms with Crippen molar-refractivity contribution in [2.24, 2.45) is 0 Å². The highest BCUT2D eigenvalue weighted by atomic mass is 35.5. The van der Waals surface area contributed by atoms with Crippen LogP contribution >= 0.6 is 22.9 Å². The van der Waals surface area contributed by atoms with Crippen molar-refractivity contribution in [3.63, 3.8) is 0 Å². The number of thiazole rings is 1. The molecule has 0 spiro atoms. The molecule has 0 atom stereocenters. The minimum Gasteiger partial charge on any atom is -0.378 e. The minimum atomic E-state index is 0.620. The summed E-state index contributed by atoms with van der Waals surface area (Å²) in [5.74, 6) is 0. The molecule has 102 valence electrons. The van der Waals surface area contributed by atoms with Crippen molar-refractivity contribution in [3.8, 4) is 5.69 Å². The summed E-state index contributed by atoms with van der Waals surface area (Å²) in [7, 11) is 0. The van der Waals surface area contributed by atoms with Crippen LogP contribution in [0.15, 0.2) is 36.2 Å². The van der Waals surface area contributed by atoms with E-state index >= 15 is 0 Å². The molecule has 5 nitrogen and oxygen atoms in total. The summed E-state index contributed by atoms with van der Waals surface area (Å²) in [6.07, 6.45) is 3.11. The molecule has 0 saturated heterocycles. The molecule has 2 aromatic heterocycles. The summed E-state index contributed by atoms with van der Waals surface area (Å²) in [6.45, 7) is 2.64. The van der Waals surface area contributed by atoms with Gasteiger partial charge >= 0.3 is 0 Å². The third-order valence-corrected chi connectivity index (χ3v) is 3.89. The summed E-state index contributed by atoms with van der Waals surface area (Å²) in [5.41, 5.74) is 2.70. The number of aryl methyl sites for hydroxylation is 1. The summed E-state index contributed by atoms with van der Waals surface area (Å²) in [6, 6.07) is 5.69. The van der Waals surface area contributed by atoms with Gasteiger partial charge in [-0.3, -0.25) is 0 Å². The second-order valence-electron chi connectivity index (χ2n) is 4.19. The number of halogens is 1. The fraction of sp³-hybridized carbons (Fsp3) is 0.154. The Bertz CT molecular complexity index is 707. The van der Waals surface area contributed by atoms with E-state index in [1.807, 2.05) is 30.5 Å². The average Bonchev–Trinajstić information content (AvgIpc) is 3.08. The molecule has 0 amide bonds. The van der Waals surface area contributed by atoms with Crippen molar-refractivity contribution in [1.82, 2.24) is 19.7 Å². The van der Waals surface area contributed by atoms with E-state index in [4.69, 9.17) is 11.6 Å². The molecule has 0 fully saturated rings. The van der Waals surface area contributed by atoms with E-state index in [1.165, 1.54) is 6.33 Å². The standard InChI is InChI=1S/C13H12ClN5S/c1-9-18-10(6-20-9)5-16-12-4-2-3-11(14)13(12)19-8-15-7-17-19/h2-4,6-8,16H,5H2,1H3. The van der Waals surface area contributed by atoms with E-state index in [9.17, 15) is 0 Å². The Labute approximate surface area is 125 Å². The van der Waals surface area contributed by atoms with Crippen molar-refractivity contribution in [2.45, 2.75) is 13.5 Å². The summed E-state index contributed by atoms with van der Waals surface area (Å²) >= 11 is 7.90. The van der Waals surface area contributed by atoms with Gasteiger partial charge in [-0.2, -0.15) is 5.10 Å². The minimum absolute atomic E-state index is 0.620. The lowest BCUT2D eigenvalue weighted by molar-refractivity contribution is 0.877. The first kappa shape index (κ1) is 13.1. The fourth-order valence-electron chi connectivity index (χ4n) is 1.89. The van der Waals surface area contributed by atoms with Crippen LogP contribution in [0.4, 0.5) is 5.69 Å². The van der Waals surface area contributed by atoms with Crippen LogP contribution in [0, 0.1) is 6.92 Å². The lowest BCUT2D eigenvalue weighted by Crippen LogP contribution is -2.05. The van der Waals surface area contributed by atoms with Gasteiger partial charge in [-0.25, -0.2) is 14.6 Å². The number of benzene rings is 1. The number of hydrogen-bond donors (Lipinski definition) is 1. The number of aromatic nitrogens is 4. The largest absolute Gasteiger partial charge is 0.378 e. The zero-order valence-corrected chi connectivity index (χ0v) is 12.3. The maximum absolute atomic E-state index is 6.26. The number of hydrogen-bond acceptors (Lipinski definition) is 5. The van der Waals surface area contributed by atoms with Crippen LogP contribution in [0.25, 0.3) is 5.69 Å². The molecule has 1 aromatic carbocycles. The van der Waals surface area contributed by atoms with E-state index in [1.54, 1.807) is 22.3 Å². The van der Waals surface area contributed by atoms with Crippen molar-refractivity contribution >= 4 is 28.6 Å². The SMILES string of the molecule is Cc1nc(CNc2cccc(Cl)c2-n2cncn2)cs1. The highest BCUT2D eigenvalue weighted by molar-refractivity contribution is 7.09. The molecule has 3 aromatic rings. The predicted molar refractivity (Wildman–Crippen MR) is 80.5 cm³/mol. The maximum Gasteiger partial charge on any atom is 0.138 e. The van der Waals surface area contributed by atoms with E-state index in [0.29, 0.717) is 11.6 Å². The van der Waals surface area contributed by atoms with Crippen LogP contribution in [0.2, 0.25) is 5.02 Å². The first-order valence-electron chi connectivity index (χ1n) is 6.02. The number of nitrogens with zero attached hydrogens (tertiary/aromatic N) is 4. The van der Waals surface area contributed by atoms with E-state index < -0.39 is 0 Å². The molecule has 20 heavy (non-hydrogen) atoms.